The lowest BCUT2D eigenvalue weighted by molar-refractivity contribution is -0.143. The molecular formula is C13H15BrO2. The second-order valence-corrected chi connectivity index (χ2v) is 5.22. The van der Waals surface area contributed by atoms with Crippen LogP contribution in [0.4, 0.5) is 0 Å². The Kier molecular flexibility index (Phi) is 3.33. The highest BCUT2D eigenvalue weighted by Gasteiger charge is 2.38. The molecule has 1 aromatic rings. The minimum Gasteiger partial charge on any atom is -0.469 e. The molecule has 16 heavy (non-hydrogen) atoms. The highest BCUT2D eigenvalue weighted by atomic mass is 79.9. The second-order valence-electron chi connectivity index (χ2n) is 4.36. The maximum absolute atomic E-state index is 11.8. The number of ether oxygens (including phenoxy) is 1. The van der Waals surface area contributed by atoms with Crippen LogP contribution in [0, 0.1) is 12.8 Å². The van der Waals surface area contributed by atoms with Gasteiger partial charge in [0.15, 0.2) is 0 Å². The van der Waals surface area contributed by atoms with Gasteiger partial charge >= 0.3 is 5.97 Å². The molecule has 0 heterocycles. The molecule has 1 aromatic carbocycles. The summed E-state index contributed by atoms with van der Waals surface area (Å²) in [5.41, 5.74) is 2.24. The van der Waals surface area contributed by atoms with Gasteiger partial charge in [0.1, 0.15) is 0 Å². The molecule has 1 aliphatic carbocycles. The summed E-state index contributed by atoms with van der Waals surface area (Å²) >= 11 is 3.52. The molecule has 1 saturated carbocycles. The first kappa shape index (κ1) is 11.6. The van der Waals surface area contributed by atoms with Crippen LogP contribution in [0.5, 0.6) is 0 Å². The van der Waals surface area contributed by atoms with Gasteiger partial charge in [0, 0.05) is 4.47 Å². The molecule has 1 atom stereocenters. The van der Waals surface area contributed by atoms with E-state index in [2.05, 4.69) is 22.0 Å². The van der Waals surface area contributed by atoms with Crippen LogP contribution in [0.2, 0.25) is 0 Å². The largest absolute Gasteiger partial charge is 0.469 e. The van der Waals surface area contributed by atoms with Crippen LogP contribution in [0.25, 0.3) is 0 Å². The quantitative estimate of drug-likeness (QED) is 0.794. The summed E-state index contributed by atoms with van der Waals surface area (Å²) in [6.45, 7) is 2.04. The number of carbonyl (C=O) groups is 1. The maximum Gasteiger partial charge on any atom is 0.313 e. The number of aryl methyl sites for hydroxylation is 1. The van der Waals surface area contributed by atoms with Crippen LogP contribution in [-0.4, -0.2) is 13.1 Å². The van der Waals surface area contributed by atoms with Crippen molar-refractivity contribution in [3.8, 4) is 0 Å². The van der Waals surface area contributed by atoms with Crippen LogP contribution >= 0.6 is 15.9 Å². The first-order chi connectivity index (χ1) is 7.63. The van der Waals surface area contributed by atoms with Gasteiger partial charge in [-0.05, 0) is 37.3 Å². The Bertz CT molecular complexity index is 410. The minimum absolute atomic E-state index is 0.0979. The Morgan fingerprint density at radius 1 is 1.50 bits per heavy atom. The molecule has 1 fully saturated rings. The molecule has 0 aromatic heterocycles. The third-order valence-electron chi connectivity index (χ3n) is 3.04. The molecule has 1 aliphatic rings. The van der Waals surface area contributed by atoms with E-state index >= 15 is 0 Å². The number of methoxy groups -OCH3 is 1. The molecule has 0 aliphatic heterocycles. The van der Waals surface area contributed by atoms with E-state index in [1.54, 1.807) is 0 Å². The van der Waals surface area contributed by atoms with Gasteiger partial charge in [-0.1, -0.05) is 33.6 Å². The fourth-order valence-corrected chi connectivity index (χ4v) is 2.52. The molecule has 0 spiro atoms. The summed E-state index contributed by atoms with van der Waals surface area (Å²) in [7, 11) is 1.46. The SMILES string of the molecule is COC(=O)C(c1cc(C)ccc1Br)C1CC1. The predicted octanol–water partition coefficient (Wildman–Crippen LogP) is 3.42. The Morgan fingerprint density at radius 2 is 2.19 bits per heavy atom. The zero-order chi connectivity index (χ0) is 11.7. The van der Waals surface area contributed by atoms with Crippen LogP contribution < -0.4 is 0 Å². The van der Waals surface area contributed by atoms with Gasteiger partial charge in [-0.2, -0.15) is 0 Å². The Balaban J connectivity index is 2.37. The Labute approximate surface area is 104 Å². The molecule has 0 radical (unpaired) electrons. The number of esters is 1. The van der Waals surface area contributed by atoms with E-state index < -0.39 is 0 Å². The van der Waals surface area contributed by atoms with E-state index in [4.69, 9.17) is 4.74 Å². The van der Waals surface area contributed by atoms with Crippen molar-refractivity contribution in [3.05, 3.63) is 33.8 Å². The maximum atomic E-state index is 11.8. The van der Waals surface area contributed by atoms with E-state index in [0.717, 1.165) is 22.9 Å². The summed E-state index contributed by atoms with van der Waals surface area (Å²) < 4.78 is 5.90. The van der Waals surface area contributed by atoms with Gasteiger partial charge < -0.3 is 4.74 Å². The van der Waals surface area contributed by atoms with Crippen molar-refractivity contribution in [3.63, 3.8) is 0 Å². The van der Waals surface area contributed by atoms with E-state index in [-0.39, 0.29) is 11.9 Å². The zero-order valence-electron chi connectivity index (χ0n) is 9.50. The van der Waals surface area contributed by atoms with E-state index in [9.17, 15) is 4.79 Å². The molecule has 0 amide bonds. The molecule has 3 heteroatoms. The summed E-state index contributed by atoms with van der Waals surface area (Å²) in [4.78, 5) is 11.8. The highest BCUT2D eigenvalue weighted by Crippen LogP contribution is 2.45. The lowest BCUT2D eigenvalue weighted by Gasteiger charge is -2.16. The molecule has 0 bridgehead atoms. The van der Waals surface area contributed by atoms with Gasteiger partial charge in [0.05, 0.1) is 13.0 Å². The summed E-state index contributed by atoms with van der Waals surface area (Å²) in [5.74, 6) is 0.249. The highest BCUT2D eigenvalue weighted by molar-refractivity contribution is 9.10. The van der Waals surface area contributed by atoms with Crippen molar-refractivity contribution in [1.29, 1.82) is 0 Å². The fourth-order valence-electron chi connectivity index (χ4n) is 2.03. The topological polar surface area (TPSA) is 26.3 Å². The lowest BCUT2D eigenvalue weighted by Crippen LogP contribution is -2.16. The molecule has 1 unspecified atom stereocenters. The van der Waals surface area contributed by atoms with Crippen LogP contribution in [0.15, 0.2) is 22.7 Å². The fraction of sp³-hybridized carbons (Fsp3) is 0.462. The van der Waals surface area contributed by atoms with Crippen molar-refractivity contribution >= 4 is 21.9 Å². The van der Waals surface area contributed by atoms with Gasteiger partial charge in [-0.3, -0.25) is 4.79 Å². The van der Waals surface area contributed by atoms with Gasteiger partial charge in [0.25, 0.3) is 0 Å². The number of halogens is 1. The van der Waals surface area contributed by atoms with Crippen LogP contribution in [-0.2, 0) is 9.53 Å². The number of hydrogen-bond acceptors (Lipinski definition) is 2. The van der Waals surface area contributed by atoms with Gasteiger partial charge in [0.2, 0.25) is 0 Å². The van der Waals surface area contributed by atoms with Crippen molar-refractivity contribution in [1.82, 2.24) is 0 Å². The first-order valence-corrected chi connectivity index (χ1v) is 6.26. The Hall–Kier alpha value is -0.830. The van der Waals surface area contributed by atoms with Crippen molar-refractivity contribution in [2.45, 2.75) is 25.7 Å². The van der Waals surface area contributed by atoms with E-state index in [0.29, 0.717) is 5.92 Å². The van der Waals surface area contributed by atoms with Crippen molar-refractivity contribution in [2.24, 2.45) is 5.92 Å². The monoisotopic (exact) mass is 282 g/mol. The molecular weight excluding hydrogens is 268 g/mol. The number of rotatable bonds is 3. The minimum atomic E-state index is -0.117. The molecule has 0 saturated heterocycles. The first-order valence-electron chi connectivity index (χ1n) is 5.47. The average Bonchev–Trinajstić information content (AvgIpc) is 3.07. The normalized spacial score (nSPS) is 16.9. The average molecular weight is 283 g/mol. The standard InChI is InChI=1S/C13H15BrO2/c1-8-3-6-11(14)10(7-8)12(9-4-5-9)13(15)16-2/h3,6-7,9,12H,4-5H2,1-2H3. The molecule has 86 valence electrons. The smallest absolute Gasteiger partial charge is 0.313 e. The second kappa shape index (κ2) is 4.58. The lowest BCUT2D eigenvalue weighted by atomic mass is 9.93. The predicted molar refractivity (Wildman–Crippen MR) is 66.4 cm³/mol. The van der Waals surface area contributed by atoms with Crippen LogP contribution in [0.1, 0.15) is 29.9 Å². The molecule has 0 N–H and O–H groups in total. The summed E-state index contributed by atoms with van der Waals surface area (Å²) in [6.07, 6.45) is 2.25. The molecule has 2 rings (SSSR count). The number of benzene rings is 1. The zero-order valence-corrected chi connectivity index (χ0v) is 11.1. The third-order valence-corrected chi connectivity index (χ3v) is 3.76. The summed E-state index contributed by atoms with van der Waals surface area (Å²) in [5, 5.41) is 0. The number of carbonyl (C=O) groups excluding carboxylic acids is 1. The van der Waals surface area contributed by atoms with Crippen molar-refractivity contribution < 1.29 is 9.53 Å². The van der Waals surface area contributed by atoms with E-state index in [1.165, 1.54) is 12.7 Å². The van der Waals surface area contributed by atoms with E-state index in [1.807, 2.05) is 19.1 Å². The van der Waals surface area contributed by atoms with Crippen molar-refractivity contribution in [2.75, 3.05) is 7.11 Å². The van der Waals surface area contributed by atoms with Gasteiger partial charge in [-0.25, -0.2) is 0 Å². The number of hydrogen-bond donors (Lipinski definition) is 0. The third kappa shape index (κ3) is 2.29. The van der Waals surface area contributed by atoms with Crippen LogP contribution in [0.3, 0.4) is 0 Å². The Morgan fingerprint density at radius 3 is 2.75 bits per heavy atom. The molecule has 2 nitrogen and oxygen atoms in total. The summed E-state index contributed by atoms with van der Waals surface area (Å²) in [6, 6.07) is 6.11. The van der Waals surface area contributed by atoms with Gasteiger partial charge in [-0.15, -0.1) is 0 Å².